The maximum absolute atomic E-state index is 13.6. The highest BCUT2D eigenvalue weighted by Gasteiger charge is 2.40. The van der Waals surface area contributed by atoms with Gasteiger partial charge in [0.25, 0.3) is 0 Å². The van der Waals surface area contributed by atoms with E-state index in [2.05, 4.69) is 27.7 Å². The Kier molecular flexibility index (Phi) is 42.7. The molecule has 5 aliphatic rings. The summed E-state index contributed by atoms with van der Waals surface area (Å²) >= 11 is 3.43. The largest absolute Gasteiger partial charge is 0.460 e. The molecule has 5 rings (SSSR count). The Hall–Kier alpha value is -1.13. The van der Waals surface area contributed by atoms with E-state index in [4.69, 9.17) is 61.6 Å². The normalized spacial score (nSPS) is 22.0. The van der Waals surface area contributed by atoms with E-state index in [1.165, 1.54) is 127 Å². The van der Waals surface area contributed by atoms with Crippen LogP contribution in [0.5, 0.6) is 0 Å². The molecule has 2 aliphatic carbocycles. The number of carbonyl (C=O) groups is 3. The second-order valence-corrected chi connectivity index (χ2v) is 33.2. The highest BCUT2D eigenvalue weighted by molar-refractivity contribution is 8.14. The van der Waals surface area contributed by atoms with Gasteiger partial charge in [-0.2, -0.15) is 11.8 Å². The molecule has 95 heavy (non-hydrogen) atoms. The van der Waals surface area contributed by atoms with Crippen molar-refractivity contribution in [3.8, 4) is 0 Å². The molecule has 0 N–H and O–H groups in total. The summed E-state index contributed by atoms with van der Waals surface area (Å²) < 4.78 is 83.7. The minimum Gasteiger partial charge on any atom is -0.460 e. The van der Waals surface area contributed by atoms with Crippen molar-refractivity contribution in [2.24, 2.45) is 51.2 Å². The number of thioether (sulfide) groups is 2. The van der Waals surface area contributed by atoms with E-state index in [9.17, 15) is 14.4 Å². The average Bonchev–Trinajstić information content (AvgIpc) is 0.993. The van der Waals surface area contributed by atoms with Crippen molar-refractivity contribution >= 4 is 40.6 Å². The smallest absolute Gasteiger partial charge is 0.308 e. The predicted molar refractivity (Wildman–Crippen MR) is 383 cm³/mol. The Labute approximate surface area is 587 Å². The lowest BCUT2D eigenvalue weighted by Gasteiger charge is -2.41. The molecule has 18 heteroatoms. The lowest BCUT2D eigenvalue weighted by molar-refractivity contribution is -0.173. The molecule has 0 bridgehead atoms. The van der Waals surface area contributed by atoms with Crippen LogP contribution < -0.4 is 0 Å². The molecule has 0 spiro atoms. The van der Waals surface area contributed by atoms with E-state index in [-0.39, 0.29) is 88.8 Å². The molecule has 5 fully saturated rings. The zero-order valence-corrected chi connectivity index (χ0v) is 63.8. The fourth-order valence-corrected chi connectivity index (χ4v) is 15.7. The highest BCUT2D eigenvalue weighted by atomic mass is 32.2. The Morgan fingerprint density at radius 2 is 0.811 bits per heavy atom. The SMILES string of the molecule is CCC(COC(COCC(CC)(COCC(COCC1(CC)COC1)OCC(CC1CCCCCCCCCC1)OC(=O)C(C)C)COCC(CSCC1(CC)COC1)OCC(CC1CCCCCCCCCC1)SC(=O)C(C)C)COCC1(CC)COC1)OC(=O)C(C)C. The van der Waals surface area contributed by atoms with E-state index in [0.29, 0.717) is 111 Å². The van der Waals surface area contributed by atoms with Crippen LogP contribution in [0.2, 0.25) is 0 Å². The van der Waals surface area contributed by atoms with E-state index >= 15 is 0 Å². The standard InChI is InChI=1S/C77H140O16S2/c1-12-65(92-71(78)60(6)7)44-89-67(40-83-51-75(14-3)53-86-54-75)39-81-48-74(13-2,49-82-41-68(42-84-52-76(15-4)55-87-56-76)90-45-66(93-72(79)61(8)9)37-63-33-29-25-21-17-18-22-26-30-34-63)50-85-43-69(47-94-59-77(16-5)57-88-58-77)91-46-70(95-73(80)62(10)11)38-64-35-31-27-23-19-20-24-28-32-36-64/h60-70H,12-59H2,1-11H3. The van der Waals surface area contributed by atoms with Crippen molar-refractivity contribution in [1.82, 2.24) is 0 Å². The van der Waals surface area contributed by atoms with Gasteiger partial charge in [-0.25, -0.2) is 0 Å². The molecule has 3 aliphatic heterocycles. The molecule has 3 saturated heterocycles. The second-order valence-electron chi connectivity index (χ2n) is 30.9. The molecule has 7 atom stereocenters. The predicted octanol–water partition coefficient (Wildman–Crippen LogP) is 16.3. The van der Waals surface area contributed by atoms with E-state index in [1.807, 2.05) is 60.2 Å². The van der Waals surface area contributed by atoms with Crippen molar-refractivity contribution in [2.45, 2.75) is 285 Å². The van der Waals surface area contributed by atoms with Crippen LogP contribution in [-0.4, -0.2) is 190 Å². The van der Waals surface area contributed by atoms with Gasteiger partial charge in [0.2, 0.25) is 0 Å². The van der Waals surface area contributed by atoms with Gasteiger partial charge >= 0.3 is 11.9 Å². The Balaban J connectivity index is 1.40. The Morgan fingerprint density at radius 1 is 0.432 bits per heavy atom. The molecular weight excluding hydrogens is 1240 g/mol. The van der Waals surface area contributed by atoms with Crippen molar-refractivity contribution < 1.29 is 76.0 Å². The first kappa shape index (κ1) is 84.5. The highest BCUT2D eigenvalue weighted by Crippen LogP contribution is 2.38. The van der Waals surface area contributed by atoms with Crippen LogP contribution in [0.1, 0.15) is 250 Å². The fourth-order valence-electron chi connectivity index (χ4n) is 13.2. The Bertz CT molecular complexity index is 1860. The summed E-state index contributed by atoms with van der Waals surface area (Å²) in [5, 5.41) is 0.288. The van der Waals surface area contributed by atoms with E-state index in [1.54, 1.807) is 0 Å². The van der Waals surface area contributed by atoms with Crippen LogP contribution in [0.3, 0.4) is 0 Å². The molecular formula is C77H140O16S2. The summed E-state index contributed by atoms with van der Waals surface area (Å²) in [6.07, 6.45) is 29.3. The fraction of sp³-hybridized carbons (Fsp3) is 0.961. The summed E-state index contributed by atoms with van der Waals surface area (Å²) in [5.41, 5.74) is -0.491. The first-order valence-corrected chi connectivity index (χ1v) is 40.6. The van der Waals surface area contributed by atoms with Crippen LogP contribution in [0.15, 0.2) is 0 Å². The van der Waals surface area contributed by atoms with Crippen LogP contribution >= 0.6 is 23.5 Å². The van der Waals surface area contributed by atoms with Crippen LogP contribution in [0.25, 0.3) is 0 Å². The van der Waals surface area contributed by atoms with Gasteiger partial charge in [-0.05, 0) is 56.8 Å². The van der Waals surface area contributed by atoms with Gasteiger partial charge in [0.15, 0.2) is 5.12 Å². The molecule has 2 saturated carbocycles. The van der Waals surface area contributed by atoms with Crippen LogP contribution in [-0.2, 0) is 76.0 Å². The van der Waals surface area contributed by atoms with Crippen molar-refractivity contribution in [1.29, 1.82) is 0 Å². The van der Waals surface area contributed by atoms with Crippen molar-refractivity contribution in [3.05, 3.63) is 0 Å². The average molecular weight is 1390 g/mol. The van der Waals surface area contributed by atoms with Gasteiger partial charge in [0.05, 0.1) is 143 Å². The molecule has 556 valence electrons. The number of carbonyl (C=O) groups excluding carboxylic acids is 3. The van der Waals surface area contributed by atoms with Crippen LogP contribution in [0.4, 0.5) is 0 Å². The molecule has 16 nitrogen and oxygen atoms in total. The molecule has 0 aromatic rings. The third-order valence-electron chi connectivity index (χ3n) is 21.1. The number of hydrogen-bond acceptors (Lipinski definition) is 18. The number of ether oxygens (including phenoxy) is 13. The third-order valence-corrected chi connectivity index (χ3v) is 23.9. The minimum atomic E-state index is -0.630. The molecule has 0 amide bonds. The summed E-state index contributed by atoms with van der Waals surface area (Å²) in [4.78, 5) is 39.9. The van der Waals surface area contributed by atoms with Crippen molar-refractivity contribution in [2.75, 3.05) is 137 Å². The van der Waals surface area contributed by atoms with Crippen molar-refractivity contribution in [3.63, 3.8) is 0 Å². The number of hydrogen-bond donors (Lipinski definition) is 0. The monoisotopic (exact) mass is 1380 g/mol. The maximum Gasteiger partial charge on any atom is 0.308 e. The van der Waals surface area contributed by atoms with Crippen LogP contribution in [0, 0.1) is 51.2 Å². The lowest BCUT2D eigenvalue weighted by Crippen LogP contribution is -2.46. The lowest BCUT2D eigenvalue weighted by atomic mass is 9.84. The first-order chi connectivity index (χ1) is 45.9. The van der Waals surface area contributed by atoms with E-state index < -0.39 is 29.8 Å². The van der Waals surface area contributed by atoms with E-state index in [0.717, 1.165) is 69.7 Å². The summed E-state index contributed by atoms with van der Waals surface area (Å²) in [5.74, 6) is 1.74. The topological polar surface area (TPSA) is 171 Å². The molecule has 0 radical (unpaired) electrons. The maximum atomic E-state index is 13.6. The summed E-state index contributed by atoms with van der Waals surface area (Å²) in [6.45, 7) is 31.0. The molecule has 0 aromatic heterocycles. The zero-order valence-electron chi connectivity index (χ0n) is 62.1. The summed E-state index contributed by atoms with van der Waals surface area (Å²) in [6, 6.07) is 0. The van der Waals surface area contributed by atoms with Gasteiger partial charge in [-0.1, -0.05) is 216 Å². The minimum absolute atomic E-state index is 0.0146. The molecule has 3 heterocycles. The summed E-state index contributed by atoms with van der Waals surface area (Å²) in [7, 11) is 0. The van der Waals surface area contributed by atoms with Gasteiger partial charge in [-0.3, -0.25) is 14.4 Å². The third kappa shape index (κ3) is 33.2. The first-order valence-electron chi connectivity index (χ1n) is 38.6. The second kappa shape index (κ2) is 47.9. The number of rotatable bonds is 48. The zero-order chi connectivity index (χ0) is 68.6. The quantitative estimate of drug-likeness (QED) is 0.0526. The van der Waals surface area contributed by atoms with Gasteiger partial charge < -0.3 is 61.6 Å². The Morgan fingerprint density at radius 3 is 1.19 bits per heavy atom. The van der Waals surface area contributed by atoms with Gasteiger partial charge in [0.1, 0.15) is 24.4 Å². The van der Waals surface area contributed by atoms with Gasteiger partial charge in [-0.15, -0.1) is 0 Å². The van der Waals surface area contributed by atoms with Gasteiger partial charge in [0, 0.05) is 44.3 Å². The number of esters is 2. The molecule has 7 unspecified atom stereocenters. The molecule has 0 aromatic carbocycles.